The maximum atomic E-state index is 13.5. The predicted molar refractivity (Wildman–Crippen MR) is 83.0 cm³/mol. The van der Waals surface area contributed by atoms with Gasteiger partial charge in [0.05, 0.1) is 0 Å². The van der Waals surface area contributed by atoms with Crippen molar-refractivity contribution < 1.29 is 29.3 Å². The van der Waals surface area contributed by atoms with Gasteiger partial charge in [0, 0.05) is 6.08 Å². The van der Waals surface area contributed by atoms with Crippen molar-refractivity contribution in [2.75, 3.05) is 0 Å². The molecule has 2 atom stereocenters. The lowest BCUT2D eigenvalue weighted by molar-refractivity contribution is -0.124. The summed E-state index contributed by atoms with van der Waals surface area (Å²) in [4.78, 5) is 11.1. The van der Waals surface area contributed by atoms with E-state index in [4.69, 9.17) is 9.94 Å². The van der Waals surface area contributed by atoms with E-state index in [-0.39, 0.29) is 5.56 Å². The lowest BCUT2D eigenvalue weighted by atomic mass is 10.0. The minimum absolute atomic E-state index is 0.153. The number of nitrogens with one attached hydrogen (secondary N) is 1. The van der Waals surface area contributed by atoms with Crippen LogP contribution in [0, 0.1) is 5.82 Å². The number of aromatic hydroxyl groups is 1. The van der Waals surface area contributed by atoms with Gasteiger partial charge in [0.2, 0.25) is 0 Å². The molecule has 0 radical (unpaired) electrons. The Morgan fingerprint density at radius 1 is 1.21 bits per heavy atom. The van der Waals surface area contributed by atoms with Crippen molar-refractivity contribution >= 4 is 5.91 Å². The highest BCUT2D eigenvalue weighted by atomic mass is 19.1. The van der Waals surface area contributed by atoms with Crippen LogP contribution in [0.2, 0.25) is 0 Å². The third kappa shape index (κ3) is 4.55. The molecule has 2 aromatic rings. The van der Waals surface area contributed by atoms with Gasteiger partial charge in [-0.3, -0.25) is 10.0 Å². The quantitative estimate of drug-likeness (QED) is 0.368. The Labute approximate surface area is 137 Å². The van der Waals surface area contributed by atoms with Crippen LogP contribution in [-0.4, -0.2) is 27.4 Å². The highest BCUT2D eigenvalue weighted by Crippen LogP contribution is 2.26. The van der Waals surface area contributed by atoms with Gasteiger partial charge in [-0.1, -0.05) is 24.3 Å². The van der Waals surface area contributed by atoms with Crippen molar-refractivity contribution in [3.05, 3.63) is 72.1 Å². The third-order valence-electron chi connectivity index (χ3n) is 3.19. The van der Waals surface area contributed by atoms with Gasteiger partial charge in [0.1, 0.15) is 18.0 Å². The molecule has 1 amide bonds. The number of hydrogen-bond acceptors (Lipinski definition) is 5. The van der Waals surface area contributed by atoms with E-state index >= 15 is 0 Å². The fourth-order valence-corrected chi connectivity index (χ4v) is 1.98. The molecule has 4 N–H and O–H groups in total. The monoisotopic (exact) mass is 333 g/mol. The number of aliphatic hydroxyl groups excluding tert-OH is 1. The number of para-hydroxylation sites is 1. The standard InChI is InChI=1S/C17H16FNO5/c18-13-10-11(6-7-14(13)20)17(22)15(8-9-16(21)19-23)24-12-4-2-1-3-5-12/h1-10,15,17,20,22-23H,(H,19,21)/b9-8+/t15-,17-/m0/s1. The van der Waals surface area contributed by atoms with Crippen LogP contribution in [-0.2, 0) is 4.79 Å². The summed E-state index contributed by atoms with van der Waals surface area (Å²) in [7, 11) is 0. The first-order valence-corrected chi connectivity index (χ1v) is 7.01. The zero-order valence-electron chi connectivity index (χ0n) is 12.5. The normalized spacial score (nSPS) is 13.5. The minimum atomic E-state index is -1.32. The van der Waals surface area contributed by atoms with Crippen LogP contribution in [0.25, 0.3) is 0 Å². The Balaban J connectivity index is 2.27. The van der Waals surface area contributed by atoms with Crippen molar-refractivity contribution in [1.82, 2.24) is 5.48 Å². The summed E-state index contributed by atoms with van der Waals surface area (Å²) in [5.41, 5.74) is 1.58. The van der Waals surface area contributed by atoms with Gasteiger partial charge in [-0.05, 0) is 35.9 Å². The van der Waals surface area contributed by atoms with Crippen molar-refractivity contribution in [3.8, 4) is 11.5 Å². The highest BCUT2D eigenvalue weighted by molar-refractivity contribution is 5.86. The van der Waals surface area contributed by atoms with Gasteiger partial charge < -0.3 is 14.9 Å². The molecule has 0 heterocycles. The summed E-state index contributed by atoms with van der Waals surface area (Å²) in [6.45, 7) is 0. The van der Waals surface area contributed by atoms with Crippen molar-refractivity contribution in [3.63, 3.8) is 0 Å². The lowest BCUT2D eigenvalue weighted by Gasteiger charge is -2.22. The Bertz CT molecular complexity index is 720. The van der Waals surface area contributed by atoms with Crippen LogP contribution in [0.15, 0.2) is 60.7 Å². The van der Waals surface area contributed by atoms with E-state index in [1.165, 1.54) is 17.6 Å². The Morgan fingerprint density at radius 3 is 2.54 bits per heavy atom. The van der Waals surface area contributed by atoms with E-state index in [0.29, 0.717) is 5.75 Å². The van der Waals surface area contributed by atoms with Crippen LogP contribution < -0.4 is 10.2 Å². The zero-order chi connectivity index (χ0) is 17.5. The van der Waals surface area contributed by atoms with Gasteiger partial charge in [-0.15, -0.1) is 0 Å². The average Bonchev–Trinajstić information content (AvgIpc) is 2.60. The number of hydroxylamine groups is 1. The first-order chi connectivity index (χ1) is 11.5. The van der Waals surface area contributed by atoms with Crippen LogP contribution >= 0.6 is 0 Å². The molecule has 0 fully saturated rings. The topological polar surface area (TPSA) is 99.0 Å². The highest BCUT2D eigenvalue weighted by Gasteiger charge is 2.22. The summed E-state index contributed by atoms with van der Waals surface area (Å²) in [5, 5.41) is 28.2. The zero-order valence-corrected chi connectivity index (χ0v) is 12.5. The summed E-state index contributed by atoms with van der Waals surface area (Å²) in [6.07, 6.45) is -0.140. The summed E-state index contributed by atoms with van der Waals surface area (Å²) in [6, 6.07) is 12.0. The second-order valence-corrected chi connectivity index (χ2v) is 4.89. The molecule has 24 heavy (non-hydrogen) atoms. The molecule has 0 aliphatic rings. The number of benzene rings is 2. The number of phenolic OH excluding ortho intramolecular Hbond substituents is 1. The van der Waals surface area contributed by atoms with E-state index in [1.54, 1.807) is 30.3 Å². The van der Waals surface area contributed by atoms with Crippen LogP contribution in [0.3, 0.4) is 0 Å². The molecule has 0 aliphatic carbocycles. The van der Waals surface area contributed by atoms with Crippen LogP contribution in [0.5, 0.6) is 11.5 Å². The molecule has 0 unspecified atom stereocenters. The number of carbonyl (C=O) groups is 1. The van der Waals surface area contributed by atoms with Gasteiger partial charge in [0.15, 0.2) is 11.6 Å². The molecule has 0 aliphatic heterocycles. The third-order valence-corrected chi connectivity index (χ3v) is 3.19. The number of ether oxygens (including phenoxy) is 1. The summed E-state index contributed by atoms with van der Waals surface area (Å²) >= 11 is 0. The van der Waals surface area contributed by atoms with Crippen LogP contribution in [0.1, 0.15) is 11.7 Å². The van der Waals surface area contributed by atoms with E-state index in [2.05, 4.69) is 0 Å². The largest absolute Gasteiger partial charge is 0.505 e. The molecule has 126 valence electrons. The van der Waals surface area contributed by atoms with E-state index in [0.717, 1.165) is 18.2 Å². The summed E-state index contributed by atoms with van der Waals surface area (Å²) < 4.78 is 19.1. The number of carbonyl (C=O) groups excluding carboxylic acids is 1. The number of hydrogen-bond donors (Lipinski definition) is 4. The van der Waals surface area contributed by atoms with E-state index in [1.807, 2.05) is 0 Å². The van der Waals surface area contributed by atoms with Crippen molar-refractivity contribution in [1.29, 1.82) is 0 Å². The van der Waals surface area contributed by atoms with Crippen molar-refractivity contribution in [2.24, 2.45) is 0 Å². The molecule has 0 saturated carbocycles. The molecule has 0 aromatic heterocycles. The summed E-state index contributed by atoms with van der Waals surface area (Å²) in [5.74, 6) is -1.81. The van der Waals surface area contributed by atoms with Crippen LogP contribution in [0.4, 0.5) is 4.39 Å². The molecule has 7 heteroatoms. The van der Waals surface area contributed by atoms with Gasteiger partial charge in [-0.2, -0.15) is 0 Å². The minimum Gasteiger partial charge on any atom is -0.505 e. The smallest absolute Gasteiger partial charge is 0.267 e. The van der Waals surface area contributed by atoms with Gasteiger partial charge in [0.25, 0.3) is 5.91 Å². The maximum Gasteiger partial charge on any atom is 0.267 e. The second kappa shape index (κ2) is 8.09. The molecule has 0 saturated heterocycles. The predicted octanol–water partition coefficient (Wildman–Crippen LogP) is 2.07. The fraction of sp³-hybridized carbons (Fsp3) is 0.118. The molecular weight excluding hydrogens is 317 g/mol. The van der Waals surface area contributed by atoms with E-state index < -0.39 is 29.7 Å². The van der Waals surface area contributed by atoms with Gasteiger partial charge in [-0.25, -0.2) is 9.87 Å². The SMILES string of the molecule is O=C(/C=C/[C@H](Oc1ccccc1)[C@@H](O)c1ccc(O)c(F)c1)NO. The Morgan fingerprint density at radius 2 is 1.92 bits per heavy atom. The fourth-order valence-electron chi connectivity index (χ4n) is 1.98. The molecule has 0 bridgehead atoms. The Kier molecular flexibility index (Phi) is 5.89. The van der Waals surface area contributed by atoms with Crippen molar-refractivity contribution in [2.45, 2.75) is 12.2 Å². The molecule has 2 aromatic carbocycles. The van der Waals surface area contributed by atoms with Gasteiger partial charge >= 0.3 is 0 Å². The first-order valence-electron chi connectivity index (χ1n) is 7.01. The Hall–Kier alpha value is -2.90. The van der Waals surface area contributed by atoms with E-state index in [9.17, 15) is 19.4 Å². The number of aliphatic hydroxyl groups is 1. The molecule has 2 rings (SSSR count). The molecule has 6 nitrogen and oxygen atoms in total. The molecular formula is C17H16FNO5. The maximum absolute atomic E-state index is 13.5. The lowest BCUT2D eigenvalue weighted by Crippen LogP contribution is -2.25. The first kappa shape index (κ1) is 17.5. The number of halogens is 1. The number of amides is 1. The molecule has 0 spiro atoms. The average molecular weight is 333 g/mol. The second-order valence-electron chi connectivity index (χ2n) is 4.89. The number of rotatable bonds is 6. The number of phenols is 1.